The molecule has 0 aliphatic carbocycles. The number of rotatable bonds is 2. The van der Waals surface area contributed by atoms with Crippen LogP contribution in [0.1, 0.15) is 11.1 Å². The van der Waals surface area contributed by atoms with E-state index in [9.17, 15) is 0 Å². The van der Waals surface area contributed by atoms with Gasteiger partial charge in [-0.3, -0.25) is 0 Å². The first-order valence-electron chi connectivity index (χ1n) is 7.87. The third-order valence-corrected chi connectivity index (χ3v) is 4.45. The van der Waals surface area contributed by atoms with Crippen molar-refractivity contribution in [1.82, 2.24) is 20.4 Å². The molecule has 0 saturated heterocycles. The average Bonchev–Trinajstić information content (AvgIpc) is 3.24. The molecule has 4 rings (SSSR count). The molecule has 0 unspecified atom stereocenters. The van der Waals surface area contributed by atoms with E-state index in [1.54, 1.807) is 12.1 Å². The Kier molecular flexibility index (Phi) is 8.39. The second kappa shape index (κ2) is 10.3. The molecule has 0 atom stereocenters. The van der Waals surface area contributed by atoms with Gasteiger partial charge < -0.3 is 29.2 Å². The third kappa shape index (κ3) is 6.12. The van der Waals surface area contributed by atoms with Gasteiger partial charge in [-0.2, -0.15) is 0 Å². The summed E-state index contributed by atoms with van der Waals surface area (Å²) in [6.07, 6.45) is 0. The molecule has 11 heteroatoms. The summed E-state index contributed by atoms with van der Waals surface area (Å²) in [5, 5.41) is 16.2. The minimum Gasteiger partial charge on any atom is -0.532 e. The van der Waals surface area contributed by atoms with Crippen LogP contribution in [-0.2, 0) is 17.1 Å². The smallest absolute Gasteiger partial charge is 0.532 e. The normalized spacial score (nSPS) is 10.1. The maximum atomic E-state index is 5.82. The van der Waals surface area contributed by atoms with Gasteiger partial charge >= 0.3 is 17.1 Å². The van der Waals surface area contributed by atoms with E-state index >= 15 is 0 Å². The SMILES string of the molecule is Cc1cc(Cl)ccc1-c1n[n-]c(=S)o1.Cc1cc(Cl)ccc1-c1n[n-]c(=S)o1.[Cu+2]. The number of aryl methyl sites for hydroxylation is 2. The van der Waals surface area contributed by atoms with Crippen molar-refractivity contribution in [2.45, 2.75) is 13.8 Å². The van der Waals surface area contributed by atoms with Gasteiger partial charge in [-0.05, 0) is 61.4 Å². The Bertz CT molecular complexity index is 1140. The summed E-state index contributed by atoms with van der Waals surface area (Å²) < 4.78 is 10.3. The third-order valence-electron chi connectivity index (χ3n) is 3.65. The van der Waals surface area contributed by atoms with E-state index in [2.05, 4.69) is 20.4 Å². The van der Waals surface area contributed by atoms with E-state index in [0.29, 0.717) is 21.8 Å². The Balaban J connectivity index is 0.000000200. The minimum atomic E-state index is 0. The monoisotopic (exact) mass is 513 g/mol. The van der Waals surface area contributed by atoms with Crippen LogP contribution in [0, 0.1) is 23.5 Å². The van der Waals surface area contributed by atoms with Crippen molar-refractivity contribution in [3.63, 3.8) is 0 Å². The van der Waals surface area contributed by atoms with Crippen molar-refractivity contribution >= 4 is 47.6 Å². The Morgan fingerprint density at radius 2 is 1.14 bits per heavy atom. The number of hydrogen-bond acceptors (Lipinski definition) is 6. The van der Waals surface area contributed by atoms with Gasteiger partial charge in [0.05, 0.1) is 0 Å². The molecule has 153 valence electrons. The molecular formula is C18H12Cl2CuN4O2S2. The second-order valence-corrected chi connectivity index (χ2v) is 7.24. The zero-order valence-electron chi connectivity index (χ0n) is 14.9. The van der Waals surface area contributed by atoms with E-state index in [4.69, 9.17) is 56.5 Å². The van der Waals surface area contributed by atoms with Gasteiger partial charge in [0.15, 0.2) is 0 Å². The molecule has 2 aromatic heterocycles. The zero-order chi connectivity index (χ0) is 20.3. The molecule has 6 nitrogen and oxygen atoms in total. The number of aromatic nitrogens is 4. The number of benzene rings is 2. The van der Waals surface area contributed by atoms with Crippen LogP contribution in [0.2, 0.25) is 10.0 Å². The maximum Gasteiger partial charge on any atom is 2.00 e. The van der Waals surface area contributed by atoms with Crippen LogP contribution in [-0.4, -0.2) is 10.2 Å². The minimum absolute atomic E-state index is 0. The quantitative estimate of drug-likeness (QED) is 0.239. The summed E-state index contributed by atoms with van der Waals surface area (Å²) in [5.74, 6) is 0.869. The second-order valence-electron chi connectivity index (χ2n) is 5.66. The molecule has 0 bridgehead atoms. The summed E-state index contributed by atoms with van der Waals surface area (Å²) >= 11 is 21.1. The fourth-order valence-corrected chi connectivity index (χ4v) is 3.06. The van der Waals surface area contributed by atoms with Gasteiger partial charge in [-0.15, -0.1) is 0 Å². The van der Waals surface area contributed by atoms with E-state index in [0.717, 1.165) is 22.3 Å². The molecule has 1 radical (unpaired) electrons. The topological polar surface area (TPSA) is 80.3 Å². The molecule has 2 aromatic carbocycles. The van der Waals surface area contributed by atoms with E-state index in [1.165, 1.54) is 0 Å². The number of nitrogens with zero attached hydrogens (tertiary/aromatic N) is 4. The molecule has 0 fully saturated rings. The number of halogens is 2. The molecule has 4 aromatic rings. The van der Waals surface area contributed by atoms with Gasteiger partial charge in [0.25, 0.3) is 0 Å². The molecule has 0 spiro atoms. The Labute approximate surface area is 197 Å². The largest absolute Gasteiger partial charge is 2.00 e. The van der Waals surface area contributed by atoms with E-state index in [1.807, 2.05) is 38.1 Å². The first-order chi connectivity index (χ1) is 13.3. The first-order valence-corrected chi connectivity index (χ1v) is 9.45. The summed E-state index contributed by atoms with van der Waals surface area (Å²) in [6, 6.07) is 10.9. The van der Waals surface area contributed by atoms with Crippen LogP contribution in [0.15, 0.2) is 45.2 Å². The maximum absolute atomic E-state index is 5.82. The Hall–Kier alpha value is -1.74. The average molecular weight is 515 g/mol. The van der Waals surface area contributed by atoms with Crippen molar-refractivity contribution < 1.29 is 25.9 Å². The molecule has 29 heavy (non-hydrogen) atoms. The molecule has 0 N–H and O–H groups in total. The standard InChI is InChI=1S/2C9H7ClN2OS.Cu/c2*1-5-4-6(10)2-3-7(5)8-11-12-9(14)13-8;/h2*2-4H,1H3,(H,12,14);/q;;+2/p-2. The van der Waals surface area contributed by atoms with Crippen LogP contribution in [0.3, 0.4) is 0 Å². The van der Waals surface area contributed by atoms with Crippen LogP contribution in [0.4, 0.5) is 0 Å². The summed E-state index contributed by atoms with van der Waals surface area (Å²) in [6.45, 7) is 3.85. The fraction of sp³-hybridized carbons (Fsp3) is 0.111. The Morgan fingerprint density at radius 3 is 1.41 bits per heavy atom. The van der Waals surface area contributed by atoms with Crippen LogP contribution < -0.4 is 10.2 Å². The molecule has 0 saturated carbocycles. The van der Waals surface area contributed by atoms with Gasteiger partial charge in [0.1, 0.15) is 9.67 Å². The van der Waals surface area contributed by atoms with Crippen LogP contribution in [0.25, 0.3) is 22.9 Å². The van der Waals surface area contributed by atoms with Crippen molar-refractivity contribution in [2.75, 3.05) is 0 Å². The zero-order valence-corrected chi connectivity index (χ0v) is 19.0. The van der Waals surface area contributed by atoms with Crippen LogP contribution >= 0.6 is 47.6 Å². The van der Waals surface area contributed by atoms with Crippen molar-refractivity contribution in [3.8, 4) is 22.9 Å². The first kappa shape index (κ1) is 23.5. The molecular weight excluding hydrogens is 503 g/mol. The fourth-order valence-electron chi connectivity index (χ4n) is 2.37. The van der Waals surface area contributed by atoms with E-state index in [-0.39, 0.29) is 26.7 Å². The van der Waals surface area contributed by atoms with Gasteiger partial charge in [-0.25, -0.2) is 0 Å². The number of hydrogen-bond donors (Lipinski definition) is 0. The van der Waals surface area contributed by atoms with Crippen molar-refractivity contribution in [1.29, 1.82) is 0 Å². The predicted octanol–water partition coefficient (Wildman–Crippen LogP) is 5.98. The van der Waals surface area contributed by atoms with E-state index < -0.39 is 0 Å². The molecule has 2 heterocycles. The summed E-state index contributed by atoms with van der Waals surface area (Å²) in [4.78, 5) is 0.295. The van der Waals surface area contributed by atoms with Gasteiger partial charge in [0, 0.05) is 21.2 Å². The van der Waals surface area contributed by atoms with Crippen molar-refractivity contribution in [2.24, 2.45) is 0 Å². The molecule has 0 amide bonds. The van der Waals surface area contributed by atoms with Crippen LogP contribution in [0.5, 0.6) is 0 Å². The van der Waals surface area contributed by atoms with Gasteiger partial charge in [-0.1, -0.05) is 47.6 Å². The summed E-state index contributed by atoms with van der Waals surface area (Å²) in [5.41, 5.74) is 3.68. The summed E-state index contributed by atoms with van der Waals surface area (Å²) in [7, 11) is 0. The van der Waals surface area contributed by atoms with Gasteiger partial charge in [0.2, 0.25) is 11.8 Å². The molecule has 0 aliphatic rings. The van der Waals surface area contributed by atoms with Crippen molar-refractivity contribution in [3.05, 3.63) is 67.2 Å². The Morgan fingerprint density at radius 1 is 0.759 bits per heavy atom. The predicted molar refractivity (Wildman–Crippen MR) is 112 cm³/mol. The molecule has 0 aliphatic heterocycles.